The number of nitrogens with two attached hydrogens (primary N) is 1. The van der Waals surface area contributed by atoms with Crippen molar-refractivity contribution >= 4 is 27.5 Å². The Kier molecular flexibility index (Phi) is 4.16. The van der Waals surface area contributed by atoms with E-state index in [1.807, 2.05) is 37.4 Å². The average molecular weight is 319 g/mol. The highest BCUT2D eigenvalue weighted by atomic mass is 79.9. The van der Waals surface area contributed by atoms with E-state index >= 15 is 0 Å². The summed E-state index contributed by atoms with van der Waals surface area (Å²) in [7, 11) is 2.02. The van der Waals surface area contributed by atoms with Crippen LogP contribution in [0.3, 0.4) is 0 Å². The summed E-state index contributed by atoms with van der Waals surface area (Å²) in [6.07, 6.45) is 3.58. The quantitative estimate of drug-likeness (QED) is 0.673. The van der Waals surface area contributed by atoms with E-state index in [0.717, 1.165) is 16.7 Å². The van der Waals surface area contributed by atoms with E-state index in [0.29, 0.717) is 5.56 Å². The molecule has 0 unspecified atom stereocenters. The summed E-state index contributed by atoms with van der Waals surface area (Å²) in [5.74, 6) is 0.0732. The van der Waals surface area contributed by atoms with Gasteiger partial charge < -0.3 is 10.6 Å². The molecule has 19 heavy (non-hydrogen) atoms. The Morgan fingerprint density at radius 2 is 2.00 bits per heavy atom. The second kappa shape index (κ2) is 5.84. The molecule has 98 valence electrons. The van der Waals surface area contributed by atoms with Crippen LogP contribution in [0.1, 0.15) is 11.1 Å². The lowest BCUT2D eigenvalue weighted by molar-refractivity contribution is 0.916. The van der Waals surface area contributed by atoms with Crippen LogP contribution in [0.4, 0.5) is 5.69 Å². The van der Waals surface area contributed by atoms with Crippen LogP contribution in [0, 0.1) is 5.41 Å². The van der Waals surface area contributed by atoms with E-state index in [-0.39, 0.29) is 5.84 Å². The third-order valence-electron chi connectivity index (χ3n) is 2.84. The largest absolute Gasteiger partial charge is 0.384 e. The number of hydrogen-bond donors (Lipinski definition) is 2. The second-order valence-electron chi connectivity index (χ2n) is 4.29. The third-order valence-corrected chi connectivity index (χ3v) is 3.47. The van der Waals surface area contributed by atoms with E-state index < -0.39 is 0 Å². The molecule has 0 aliphatic heterocycles. The molecule has 0 radical (unpaired) electrons. The van der Waals surface area contributed by atoms with Gasteiger partial charge in [0.15, 0.2) is 0 Å². The minimum absolute atomic E-state index is 0.0732. The van der Waals surface area contributed by atoms with E-state index in [9.17, 15) is 0 Å². The van der Waals surface area contributed by atoms with Crippen LogP contribution in [0.15, 0.2) is 47.2 Å². The zero-order valence-corrected chi connectivity index (χ0v) is 12.2. The maximum Gasteiger partial charge on any atom is 0.122 e. The predicted octanol–water partition coefficient (Wildman–Crippen LogP) is 2.76. The van der Waals surface area contributed by atoms with Crippen LogP contribution in [0.5, 0.6) is 0 Å². The molecule has 1 aromatic heterocycles. The molecule has 4 nitrogen and oxygen atoms in total. The van der Waals surface area contributed by atoms with Crippen molar-refractivity contribution in [2.45, 2.75) is 6.54 Å². The van der Waals surface area contributed by atoms with E-state index in [2.05, 4.69) is 25.8 Å². The minimum atomic E-state index is 0.0732. The van der Waals surface area contributed by atoms with Gasteiger partial charge in [-0.1, -0.05) is 0 Å². The van der Waals surface area contributed by atoms with Gasteiger partial charge >= 0.3 is 0 Å². The van der Waals surface area contributed by atoms with Gasteiger partial charge in [0.1, 0.15) is 5.84 Å². The van der Waals surface area contributed by atoms with Crippen molar-refractivity contribution in [2.75, 3.05) is 11.9 Å². The summed E-state index contributed by atoms with van der Waals surface area (Å²) < 4.78 is 0.928. The number of hydrogen-bond acceptors (Lipinski definition) is 3. The molecule has 0 bridgehead atoms. The van der Waals surface area contributed by atoms with Crippen LogP contribution < -0.4 is 10.6 Å². The number of nitrogen functional groups attached to an aromatic ring is 1. The fourth-order valence-corrected chi connectivity index (χ4v) is 2.51. The molecule has 0 atom stereocenters. The topological polar surface area (TPSA) is 66.0 Å². The van der Waals surface area contributed by atoms with Gasteiger partial charge in [-0.25, -0.2) is 0 Å². The first-order chi connectivity index (χ1) is 9.08. The third kappa shape index (κ3) is 3.32. The Labute approximate surface area is 120 Å². The number of nitrogens with zero attached hydrogens (tertiary/aromatic N) is 2. The molecule has 2 rings (SSSR count). The highest BCUT2D eigenvalue weighted by Gasteiger charge is 2.08. The Morgan fingerprint density at radius 3 is 2.58 bits per heavy atom. The molecule has 0 fully saturated rings. The number of amidine groups is 1. The summed E-state index contributed by atoms with van der Waals surface area (Å²) in [6, 6.07) is 9.66. The number of benzene rings is 1. The number of nitrogens with one attached hydrogen (secondary N) is 1. The first-order valence-corrected chi connectivity index (χ1v) is 6.61. The molecule has 0 aliphatic rings. The fourth-order valence-electron chi connectivity index (χ4n) is 1.83. The maximum absolute atomic E-state index is 7.43. The summed E-state index contributed by atoms with van der Waals surface area (Å²) in [5, 5.41) is 7.43. The van der Waals surface area contributed by atoms with E-state index in [4.69, 9.17) is 11.1 Å². The zero-order chi connectivity index (χ0) is 13.8. The lowest BCUT2D eigenvalue weighted by Gasteiger charge is -2.21. The normalized spacial score (nSPS) is 10.2. The predicted molar refractivity (Wildman–Crippen MR) is 81.5 cm³/mol. The monoisotopic (exact) mass is 318 g/mol. The van der Waals surface area contributed by atoms with Gasteiger partial charge in [0.2, 0.25) is 0 Å². The molecular formula is C14H15BrN4. The highest BCUT2D eigenvalue weighted by Crippen LogP contribution is 2.27. The Bertz CT molecular complexity index is 583. The van der Waals surface area contributed by atoms with Crippen molar-refractivity contribution in [3.05, 3.63) is 58.3 Å². The van der Waals surface area contributed by atoms with E-state index in [1.165, 1.54) is 5.56 Å². The smallest absolute Gasteiger partial charge is 0.122 e. The Hall–Kier alpha value is -1.88. The van der Waals surface area contributed by atoms with Gasteiger partial charge in [0.05, 0.1) is 5.69 Å². The first kappa shape index (κ1) is 13.5. The lowest BCUT2D eigenvalue weighted by Crippen LogP contribution is -2.17. The molecule has 3 N–H and O–H groups in total. The van der Waals surface area contributed by atoms with Crippen LogP contribution in [-0.4, -0.2) is 17.9 Å². The van der Waals surface area contributed by atoms with Crippen LogP contribution >= 0.6 is 15.9 Å². The van der Waals surface area contributed by atoms with Gasteiger partial charge in [-0.15, -0.1) is 0 Å². The van der Waals surface area contributed by atoms with Gasteiger partial charge in [0, 0.05) is 36.0 Å². The number of anilines is 1. The van der Waals surface area contributed by atoms with E-state index in [1.54, 1.807) is 12.4 Å². The summed E-state index contributed by atoms with van der Waals surface area (Å²) in [5.41, 5.74) is 8.44. The lowest BCUT2D eigenvalue weighted by atomic mass is 10.1. The van der Waals surface area contributed by atoms with Gasteiger partial charge in [-0.2, -0.15) is 0 Å². The SMILES string of the molecule is CN(Cc1ccncc1)c1ccc(C(=N)N)cc1Br. The molecule has 5 heteroatoms. The van der Waals surface area contributed by atoms with Crippen LogP contribution in [0.25, 0.3) is 0 Å². The molecule has 0 aliphatic carbocycles. The summed E-state index contributed by atoms with van der Waals surface area (Å²) in [4.78, 5) is 6.14. The molecule has 2 aromatic rings. The standard InChI is InChI=1S/C14H15BrN4/c1-19(9-10-4-6-18-7-5-10)13-3-2-11(14(16)17)8-12(13)15/h2-8H,9H2,1H3,(H3,16,17). The number of halogens is 1. The van der Waals surface area contributed by atoms with Crippen molar-refractivity contribution in [2.24, 2.45) is 5.73 Å². The second-order valence-corrected chi connectivity index (χ2v) is 5.15. The molecule has 1 aromatic carbocycles. The molecule has 0 saturated heterocycles. The highest BCUT2D eigenvalue weighted by molar-refractivity contribution is 9.10. The zero-order valence-electron chi connectivity index (χ0n) is 10.6. The maximum atomic E-state index is 7.43. The molecule has 0 spiro atoms. The van der Waals surface area contributed by atoms with Crippen LogP contribution in [-0.2, 0) is 6.54 Å². The van der Waals surface area contributed by atoms with Gasteiger partial charge in [-0.05, 0) is 51.8 Å². The molecule has 0 saturated carbocycles. The van der Waals surface area contributed by atoms with Crippen molar-refractivity contribution in [1.82, 2.24) is 4.98 Å². The van der Waals surface area contributed by atoms with Gasteiger partial charge in [0.25, 0.3) is 0 Å². The van der Waals surface area contributed by atoms with Crippen molar-refractivity contribution in [3.8, 4) is 0 Å². The van der Waals surface area contributed by atoms with Crippen molar-refractivity contribution in [3.63, 3.8) is 0 Å². The van der Waals surface area contributed by atoms with Gasteiger partial charge in [-0.3, -0.25) is 10.4 Å². The average Bonchev–Trinajstić information content (AvgIpc) is 2.39. The molecular weight excluding hydrogens is 304 g/mol. The van der Waals surface area contributed by atoms with Crippen molar-refractivity contribution in [1.29, 1.82) is 5.41 Å². The number of pyridine rings is 1. The van der Waals surface area contributed by atoms with Crippen molar-refractivity contribution < 1.29 is 0 Å². The Morgan fingerprint density at radius 1 is 1.32 bits per heavy atom. The summed E-state index contributed by atoms with van der Waals surface area (Å²) in [6.45, 7) is 0.792. The molecule has 1 heterocycles. The minimum Gasteiger partial charge on any atom is -0.384 e. The number of rotatable bonds is 4. The molecule has 0 amide bonds. The number of aromatic nitrogens is 1. The van der Waals surface area contributed by atoms with Crippen LogP contribution in [0.2, 0.25) is 0 Å². The fraction of sp³-hybridized carbons (Fsp3) is 0.143. The Balaban J connectivity index is 2.20. The first-order valence-electron chi connectivity index (χ1n) is 5.82. The summed E-state index contributed by atoms with van der Waals surface area (Å²) >= 11 is 3.52.